The number of carbonyl (C=O) groups excluding carboxylic acids is 2. The van der Waals surface area contributed by atoms with Crippen molar-refractivity contribution in [2.24, 2.45) is 11.1 Å². The highest BCUT2D eigenvalue weighted by molar-refractivity contribution is 5.97. The lowest BCUT2D eigenvalue weighted by atomic mass is 9.54. The summed E-state index contributed by atoms with van der Waals surface area (Å²) in [5, 5.41) is 5.45. The highest BCUT2D eigenvalue weighted by Gasteiger charge is 2.62. The quantitative estimate of drug-likeness (QED) is 0.673. The Hall–Kier alpha value is -1.63. The molecule has 0 bridgehead atoms. The van der Waals surface area contributed by atoms with Gasteiger partial charge in [-0.3, -0.25) is 9.59 Å². The molecule has 26 heavy (non-hydrogen) atoms. The second-order valence-electron chi connectivity index (χ2n) is 7.13. The van der Waals surface area contributed by atoms with Crippen molar-refractivity contribution in [3.63, 3.8) is 0 Å². The lowest BCUT2D eigenvalue weighted by Gasteiger charge is -2.57. The Balaban J connectivity index is 0.00000338. The molecule has 1 aromatic rings. The first-order valence-electron chi connectivity index (χ1n) is 8.82. The van der Waals surface area contributed by atoms with Gasteiger partial charge in [-0.15, -0.1) is 12.4 Å². The largest absolute Gasteiger partial charge is 0.378 e. The van der Waals surface area contributed by atoms with Crippen molar-refractivity contribution in [3.8, 4) is 0 Å². The van der Waals surface area contributed by atoms with Crippen LogP contribution in [0.15, 0.2) is 24.3 Å². The Morgan fingerprint density at radius 3 is 2.58 bits per heavy atom. The van der Waals surface area contributed by atoms with Crippen molar-refractivity contribution in [1.82, 2.24) is 5.32 Å². The standard InChI is InChI=1S/C19H29N3O3.ClH/c1-5-13-8-7-9-14(10-13)22-16(23)12-21-17(24)19(20)11-15(25-6-2)18(19,3)4;/h7-10,15H,5-6,11-12,20H2,1-4H3,(H,21,24)(H,22,23);1H. The monoisotopic (exact) mass is 383 g/mol. The van der Waals surface area contributed by atoms with Crippen LogP contribution in [0.25, 0.3) is 0 Å². The summed E-state index contributed by atoms with van der Waals surface area (Å²) in [7, 11) is 0. The number of carbonyl (C=O) groups is 2. The second-order valence-corrected chi connectivity index (χ2v) is 7.13. The van der Waals surface area contributed by atoms with Gasteiger partial charge in [-0.2, -0.15) is 0 Å². The van der Waals surface area contributed by atoms with Crippen LogP contribution in [-0.4, -0.2) is 36.6 Å². The fraction of sp³-hybridized carbons (Fsp3) is 0.579. The first-order chi connectivity index (χ1) is 11.7. The number of anilines is 1. The number of nitrogens with one attached hydrogen (secondary N) is 2. The van der Waals surface area contributed by atoms with Crippen LogP contribution in [0.2, 0.25) is 0 Å². The van der Waals surface area contributed by atoms with E-state index in [4.69, 9.17) is 10.5 Å². The van der Waals surface area contributed by atoms with Gasteiger partial charge in [0.05, 0.1) is 12.6 Å². The van der Waals surface area contributed by atoms with Gasteiger partial charge in [-0.05, 0) is 31.0 Å². The van der Waals surface area contributed by atoms with Crippen molar-refractivity contribution >= 4 is 29.9 Å². The van der Waals surface area contributed by atoms with E-state index in [0.29, 0.717) is 13.0 Å². The molecule has 1 saturated carbocycles. The SMILES string of the molecule is CCOC1CC(N)(C(=O)NCC(=O)Nc2cccc(CC)c2)C1(C)C.Cl. The van der Waals surface area contributed by atoms with Gasteiger partial charge in [0, 0.05) is 24.1 Å². The molecule has 4 N–H and O–H groups in total. The normalized spacial score (nSPS) is 23.3. The van der Waals surface area contributed by atoms with Gasteiger partial charge >= 0.3 is 0 Å². The minimum Gasteiger partial charge on any atom is -0.378 e. The zero-order valence-corrected chi connectivity index (χ0v) is 16.7. The molecular formula is C19H30ClN3O3. The van der Waals surface area contributed by atoms with E-state index in [0.717, 1.165) is 17.7 Å². The van der Waals surface area contributed by atoms with E-state index >= 15 is 0 Å². The third-order valence-electron chi connectivity index (χ3n) is 5.26. The highest BCUT2D eigenvalue weighted by Crippen LogP contribution is 2.49. The molecule has 0 spiro atoms. The first kappa shape index (κ1) is 22.4. The Labute approximate surface area is 161 Å². The molecule has 1 aliphatic rings. The molecule has 146 valence electrons. The predicted octanol–water partition coefficient (Wildman–Crippen LogP) is 2.26. The third-order valence-corrected chi connectivity index (χ3v) is 5.26. The number of rotatable bonds is 7. The van der Waals surface area contributed by atoms with Gasteiger partial charge in [0.25, 0.3) is 0 Å². The van der Waals surface area contributed by atoms with Crippen LogP contribution in [0.4, 0.5) is 5.69 Å². The molecule has 0 aromatic heterocycles. The van der Waals surface area contributed by atoms with Crippen molar-refractivity contribution in [2.75, 3.05) is 18.5 Å². The molecule has 0 heterocycles. The maximum atomic E-state index is 12.5. The molecule has 2 rings (SSSR count). The van der Waals surface area contributed by atoms with Gasteiger partial charge in [0.1, 0.15) is 5.54 Å². The summed E-state index contributed by atoms with van der Waals surface area (Å²) in [5.74, 6) is -0.588. The van der Waals surface area contributed by atoms with Gasteiger partial charge in [0.2, 0.25) is 11.8 Å². The zero-order chi connectivity index (χ0) is 18.7. The lowest BCUT2D eigenvalue weighted by molar-refractivity contribution is -0.170. The van der Waals surface area contributed by atoms with Crippen LogP contribution in [0.3, 0.4) is 0 Å². The molecule has 7 heteroatoms. The van der Waals surface area contributed by atoms with Crippen molar-refractivity contribution < 1.29 is 14.3 Å². The van der Waals surface area contributed by atoms with Crippen molar-refractivity contribution in [3.05, 3.63) is 29.8 Å². The number of benzene rings is 1. The summed E-state index contributed by atoms with van der Waals surface area (Å²) in [6.45, 7) is 8.30. The summed E-state index contributed by atoms with van der Waals surface area (Å²) in [6.07, 6.45) is 1.31. The maximum absolute atomic E-state index is 12.5. The Morgan fingerprint density at radius 1 is 1.31 bits per heavy atom. The predicted molar refractivity (Wildman–Crippen MR) is 105 cm³/mol. The zero-order valence-electron chi connectivity index (χ0n) is 15.9. The van der Waals surface area contributed by atoms with E-state index in [2.05, 4.69) is 17.6 Å². The summed E-state index contributed by atoms with van der Waals surface area (Å²) in [6, 6.07) is 7.65. The molecule has 2 atom stereocenters. The van der Waals surface area contributed by atoms with Crippen LogP contribution < -0.4 is 16.4 Å². The lowest BCUT2D eigenvalue weighted by Crippen LogP contribution is -2.76. The first-order valence-corrected chi connectivity index (χ1v) is 8.82. The van der Waals surface area contributed by atoms with Gasteiger partial charge in [-0.1, -0.05) is 32.9 Å². The fourth-order valence-corrected chi connectivity index (χ4v) is 3.21. The van der Waals surface area contributed by atoms with E-state index in [1.165, 1.54) is 0 Å². The molecule has 0 saturated heterocycles. The summed E-state index contributed by atoms with van der Waals surface area (Å²) in [5.41, 5.74) is 6.67. The van der Waals surface area contributed by atoms with Gasteiger partial charge < -0.3 is 21.1 Å². The molecule has 1 aromatic carbocycles. The summed E-state index contributed by atoms with van der Waals surface area (Å²) >= 11 is 0. The number of ether oxygens (including phenoxy) is 1. The number of hydrogen-bond donors (Lipinski definition) is 3. The fourth-order valence-electron chi connectivity index (χ4n) is 3.21. The van der Waals surface area contributed by atoms with Crippen LogP contribution in [-0.2, 0) is 20.7 Å². The summed E-state index contributed by atoms with van der Waals surface area (Å²) < 4.78 is 5.63. The average Bonchev–Trinajstić information content (AvgIpc) is 2.59. The molecule has 1 aliphatic carbocycles. The molecule has 2 unspecified atom stereocenters. The van der Waals surface area contributed by atoms with E-state index in [1.54, 1.807) is 0 Å². The van der Waals surface area contributed by atoms with Crippen LogP contribution in [0, 0.1) is 5.41 Å². The Bertz CT molecular complexity index is 651. The van der Waals surface area contributed by atoms with Crippen LogP contribution in [0.5, 0.6) is 0 Å². The highest BCUT2D eigenvalue weighted by atomic mass is 35.5. The molecule has 0 radical (unpaired) electrons. The average molecular weight is 384 g/mol. The van der Waals surface area contributed by atoms with Crippen LogP contribution in [0.1, 0.15) is 39.7 Å². The number of nitrogens with two attached hydrogens (primary N) is 1. The van der Waals surface area contributed by atoms with Crippen LogP contribution >= 0.6 is 12.4 Å². The summed E-state index contributed by atoms with van der Waals surface area (Å²) in [4.78, 5) is 24.6. The van der Waals surface area contributed by atoms with Gasteiger partial charge in [-0.25, -0.2) is 0 Å². The van der Waals surface area contributed by atoms with Crippen molar-refractivity contribution in [2.45, 2.75) is 52.2 Å². The molecule has 1 fully saturated rings. The number of amides is 2. The smallest absolute Gasteiger partial charge is 0.243 e. The van der Waals surface area contributed by atoms with E-state index in [9.17, 15) is 9.59 Å². The minimum absolute atomic E-state index is 0. The number of hydrogen-bond acceptors (Lipinski definition) is 4. The third kappa shape index (κ3) is 4.37. The topological polar surface area (TPSA) is 93.4 Å². The number of halogens is 1. The van der Waals surface area contributed by atoms with Crippen molar-refractivity contribution in [1.29, 1.82) is 0 Å². The Kier molecular flexibility index (Phi) is 7.62. The second kappa shape index (κ2) is 8.84. The van der Waals surface area contributed by atoms with Gasteiger partial charge in [0.15, 0.2) is 0 Å². The molecule has 2 amide bonds. The maximum Gasteiger partial charge on any atom is 0.243 e. The molecular weight excluding hydrogens is 354 g/mol. The minimum atomic E-state index is -1.02. The van der Waals surface area contributed by atoms with E-state index in [-0.39, 0.29) is 36.9 Å². The van der Waals surface area contributed by atoms with E-state index in [1.807, 2.05) is 45.0 Å². The van der Waals surface area contributed by atoms with E-state index < -0.39 is 11.0 Å². The molecule has 6 nitrogen and oxygen atoms in total. The number of aryl methyl sites for hydroxylation is 1. The molecule has 0 aliphatic heterocycles. The Morgan fingerprint density at radius 2 is 2.00 bits per heavy atom.